The molecule has 2 aromatic carbocycles. The number of hydrogen-bond donors (Lipinski definition) is 1. The Morgan fingerprint density at radius 2 is 1.64 bits per heavy atom. The van der Waals surface area contributed by atoms with E-state index in [1.807, 2.05) is 51.1 Å². The lowest BCUT2D eigenvalue weighted by atomic mass is 9.96. The van der Waals surface area contributed by atoms with Crippen molar-refractivity contribution < 1.29 is 19.0 Å². The highest BCUT2D eigenvalue weighted by molar-refractivity contribution is 5.96. The zero-order valence-electron chi connectivity index (χ0n) is 17.9. The van der Waals surface area contributed by atoms with Crippen LogP contribution >= 0.6 is 0 Å². The number of ether oxygens (including phenoxy) is 3. The van der Waals surface area contributed by atoms with Gasteiger partial charge in [0.2, 0.25) is 0 Å². The van der Waals surface area contributed by atoms with Gasteiger partial charge >= 0.3 is 0 Å². The topological polar surface area (TPSA) is 56.8 Å². The summed E-state index contributed by atoms with van der Waals surface area (Å²) in [5.74, 6) is 2.32. The molecule has 0 bridgehead atoms. The van der Waals surface area contributed by atoms with Crippen LogP contribution in [0.4, 0.5) is 0 Å². The van der Waals surface area contributed by atoms with E-state index in [0.717, 1.165) is 22.4 Å². The minimum Gasteiger partial charge on any atom is -0.496 e. The molecule has 0 saturated carbocycles. The fraction of sp³-hybridized carbons (Fsp3) is 0.435. The van der Waals surface area contributed by atoms with E-state index in [2.05, 4.69) is 19.2 Å². The summed E-state index contributed by atoms with van der Waals surface area (Å²) in [7, 11) is 3.26. The minimum atomic E-state index is -0.108. The highest BCUT2D eigenvalue weighted by atomic mass is 16.5. The summed E-state index contributed by atoms with van der Waals surface area (Å²) in [6, 6.07) is 9.54. The molecule has 0 aliphatic carbocycles. The predicted molar refractivity (Wildman–Crippen MR) is 112 cm³/mol. The average molecular weight is 386 g/mol. The van der Waals surface area contributed by atoms with Crippen LogP contribution in [-0.4, -0.2) is 26.2 Å². The second-order valence-electron chi connectivity index (χ2n) is 7.40. The maximum Gasteiger partial charge on any atom is 0.251 e. The van der Waals surface area contributed by atoms with Crippen LogP contribution in [0.3, 0.4) is 0 Å². The largest absolute Gasteiger partial charge is 0.496 e. The van der Waals surface area contributed by atoms with Crippen molar-refractivity contribution >= 4 is 5.91 Å². The summed E-state index contributed by atoms with van der Waals surface area (Å²) in [5, 5.41) is 3.00. The van der Waals surface area contributed by atoms with E-state index in [0.29, 0.717) is 23.6 Å². The van der Waals surface area contributed by atoms with E-state index in [-0.39, 0.29) is 17.9 Å². The quantitative estimate of drug-likeness (QED) is 0.705. The molecule has 5 nitrogen and oxygen atoms in total. The first-order chi connectivity index (χ1) is 13.3. The van der Waals surface area contributed by atoms with Gasteiger partial charge in [0.25, 0.3) is 5.91 Å². The van der Waals surface area contributed by atoms with Crippen molar-refractivity contribution in [1.29, 1.82) is 0 Å². The van der Waals surface area contributed by atoms with Crippen molar-refractivity contribution in [2.45, 2.75) is 53.2 Å². The smallest absolute Gasteiger partial charge is 0.251 e. The molecule has 0 heterocycles. The number of benzene rings is 2. The van der Waals surface area contributed by atoms with Gasteiger partial charge in [0.1, 0.15) is 5.75 Å². The fourth-order valence-corrected chi connectivity index (χ4v) is 3.02. The van der Waals surface area contributed by atoms with Gasteiger partial charge in [-0.1, -0.05) is 19.9 Å². The molecular weight excluding hydrogens is 354 g/mol. The van der Waals surface area contributed by atoms with Crippen LogP contribution in [0.25, 0.3) is 0 Å². The Morgan fingerprint density at radius 3 is 2.21 bits per heavy atom. The summed E-state index contributed by atoms with van der Waals surface area (Å²) >= 11 is 0. The lowest BCUT2D eigenvalue weighted by Gasteiger charge is -2.17. The van der Waals surface area contributed by atoms with Crippen molar-refractivity contribution in [2.75, 3.05) is 14.2 Å². The summed E-state index contributed by atoms with van der Waals surface area (Å²) in [6.45, 7) is 10.4. The third-order valence-corrected chi connectivity index (χ3v) is 4.49. The lowest BCUT2D eigenvalue weighted by Crippen LogP contribution is -2.24. The van der Waals surface area contributed by atoms with Crippen LogP contribution in [-0.2, 0) is 6.54 Å². The molecule has 0 aromatic heterocycles. The average Bonchev–Trinajstić information content (AvgIpc) is 2.65. The van der Waals surface area contributed by atoms with Gasteiger partial charge in [0.05, 0.1) is 20.3 Å². The Balaban J connectivity index is 2.17. The molecule has 0 radical (unpaired) electrons. The molecule has 28 heavy (non-hydrogen) atoms. The van der Waals surface area contributed by atoms with E-state index in [9.17, 15) is 4.79 Å². The number of aryl methyl sites for hydroxylation is 1. The summed E-state index contributed by atoms with van der Waals surface area (Å²) in [6.07, 6.45) is 0.0626. The van der Waals surface area contributed by atoms with Gasteiger partial charge in [-0.3, -0.25) is 4.79 Å². The number of carbonyl (C=O) groups is 1. The molecule has 0 unspecified atom stereocenters. The summed E-state index contributed by atoms with van der Waals surface area (Å²) in [5.41, 5.74) is 3.51. The molecule has 2 aromatic rings. The van der Waals surface area contributed by atoms with Crippen molar-refractivity contribution in [2.24, 2.45) is 0 Å². The normalized spacial score (nSPS) is 10.9. The zero-order valence-corrected chi connectivity index (χ0v) is 17.9. The first kappa shape index (κ1) is 21.6. The Labute approximate surface area is 168 Å². The monoisotopic (exact) mass is 385 g/mol. The van der Waals surface area contributed by atoms with Crippen LogP contribution < -0.4 is 19.5 Å². The van der Waals surface area contributed by atoms with Gasteiger partial charge in [-0.05, 0) is 67.6 Å². The third kappa shape index (κ3) is 5.18. The molecule has 1 N–H and O–H groups in total. The molecule has 0 aliphatic heterocycles. The first-order valence-electron chi connectivity index (χ1n) is 9.57. The number of methoxy groups -OCH3 is 2. The second-order valence-corrected chi connectivity index (χ2v) is 7.40. The Morgan fingerprint density at radius 1 is 0.964 bits per heavy atom. The van der Waals surface area contributed by atoms with Crippen LogP contribution in [0.2, 0.25) is 0 Å². The lowest BCUT2D eigenvalue weighted by molar-refractivity contribution is 0.0950. The van der Waals surface area contributed by atoms with Gasteiger partial charge < -0.3 is 19.5 Å². The summed E-state index contributed by atoms with van der Waals surface area (Å²) in [4.78, 5) is 12.8. The van der Waals surface area contributed by atoms with Crippen LogP contribution in [0.1, 0.15) is 60.7 Å². The van der Waals surface area contributed by atoms with Gasteiger partial charge in [-0.2, -0.15) is 0 Å². The number of carbonyl (C=O) groups excluding carboxylic acids is 1. The molecule has 0 spiro atoms. The van der Waals surface area contributed by atoms with Gasteiger partial charge in [-0.25, -0.2) is 0 Å². The van der Waals surface area contributed by atoms with E-state index in [1.54, 1.807) is 14.2 Å². The van der Waals surface area contributed by atoms with Gasteiger partial charge in [0.15, 0.2) is 11.5 Å². The molecule has 0 atom stereocenters. The zero-order chi connectivity index (χ0) is 20.8. The molecule has 0 fully saturated rings. The van der Waals surface area contributed by atoms with E-state index in [1.165, 1.54) is 0 Å². The minimum absolute atomic E-state index is 0.0626. The number of amides is 1. The highest BCUT2D eigenvalue weighted by Crippen LogP contribution is 2.30. The first-order valence-corrected chi connectivity index (χ1v) is 9.57. The molecule has 5 heteroatoms. The number of rotatable bonds is 8. The summed E-state index contributed by atoms with van der Waals surface area (Å²) < 4.78 is 16.6. The SMILES string of the molecule is COc1cc(CNC(=O)c2cc(C(C)C)c(OC)cc2C)ccc1OC(C)C. The fourth-order valence-electron chi connectivity index (χ4n) is 3.02. The van der Waals surface area contributed by atoms with Crippen molar-refractivity contribution in [3.63, 3.8) is 0 Å². The molecule has 0 aliphatic rings. The van der Waals surface area contributed by atoms with Crippen LogP contribution in [0.5, 0.6) is 17.2 Å². The Kier molecular flexibility index (Phi) is 7.32. The van der Waals surface area contributed by atoms with Crippen LogP contribution in [0, 0.1) is 6.92 Å². The second kappa shape index (κ2) is 9.49. The Hall–Kier alpha value is -2.69. The molecule has 1 amide bonds. The number of nitrogens with one attached hydrogen (secondary N) is 1. The maximum absolute atomic E-state index is 12.8. The van der Waals surface area contributed by atoms with Crippen molar-refractivity contribution in [1.82, 2.24) is 5.32 Å². The van der Waals surface area contributed by atoms with Crippen LogP contribution in [0.15, 0.2) is 30.3 Å². The Bertz CT molecular complexity index is 828. The van der Waals surface area contributed by atoms with Gasteiger partial charge in [-0.15, -0.1) is 0 Å². The molecular formula is C23H31NO4. The van der Waals surface area contributed by atoms with E-state index >= 15 is 0 Å². The third-order valence-electron chi connectivity index (χ3n) is 4.49. The van der Waals surface area contributed by atoms with Crippen molar-refractivity contribution in [3.05, 3.63) is 52.6 Å². The van der Waals surface area contributed by atoms with Crippen molar-refractivity contribution in [3.8, 4) is 17.2 Å². The maximum atomic E-state index is 12.8. The van der Waals surface area contributed by atoms with E-state index in [4.69, 9.17) is 14.2 Å². The molecule has 152 valence electrons. The standard InChI is InChI=1S/C23H31NO4/c1-14(2)18-12-19(16(5)10-21(18)26-6)23(25)24-13-17-8-9-20(28-15(3)4)22(11-17)27-7/h8-12,14-15H,13H2,1-7H3,(H,24,25). The molecule has 0 saturated heterocycles. The van der Waals surface area contributed by atoms with E-state index < -0.39 is 0 Å². The highest BCUT2D eigenvalue weighted by Gasteiger charge is 2.16. The van der Waals surface area contributed by atoms with Gasteiger partial charge in [0, 0.05) is 12.1 Å². The molecule has 2 rings (SSSR count). The predicted octanol–water partition coefficient (Wildman–Crippen LogP) is 4.85. The number of hydrogen-bond acceptors (Lipinski definition) is 4.